The molecular weight excluding hydrogens is 334 g/mol. The van der Waals surface area contributed by atoms with E-state index in [9.17, 15) is 4.79 Å². The third-order valence-electron chi connectivity index (χ3n) is 3.87. The Morgan fingerprint density at radius 2 is 2.13 bits per heavy atom. The molecule has 7 heteroatoms. The van der Waals surface area contributed by atoms with Crippen LogP contribution in [-0.4, -0.2) is 48.6 Å². The fourth-order valence-corrected chi connectivity index (χ4v) is 3.56. The van der Waals surface area contributed by atoms with Gasteiger partial charge in [0.15, 0.2) is 0 Å². The van der Waals surface area contributed by atoms with Crippen molar-refractivity contribution in [3.05, 3.63) is 29.3 Å². The molecule has 126 valence electrons. The summed E-state index contributed by atoms with van der Waals surface area (Å²) < 4.78 is 6.87. The largest absolute Gasteiger partial charge is 0.368 e. The van der Waals surface area contributed by atoms with Crippen molar-refractivity contribution in [2.45, 2.75) is 25.5 Å². The zero-order valence-electron chi connectivity index (χ0n) is 13.2. The van der Waals surface area contributed by atoms with E-state index in [1.54, 1.807) is 23.3 Å². The van der Waals surface area contributed by atoms with Gasteiger partial charge in [0.25, 0.3) is 0 Å². The quantitative estimate of drug-likeness (QED) is 0.895. The van der Waals surface area contributed by atoms with Gasteiger partial charge in [-0.2, -0.15) is 0 Å². The van der Waals surface area contributed by atoms with Gasteiger partial charge in [-0.05, 0) is 38.1 Å². The number of nitrogens with one attached hydrogen (secondary N) is 1. The molecule has 2 heterocycles. The zero-order chi connectivity index (χ0) is 15.4. The maximum atomic E-state index is 12.2. The summed E-state index contributed by atoms with van der Waals surface area (Å²) in [5, 5.41) is 4.25. The highest BCUT2D eigenvalue weighted by molar-refractivity contribution is 7.18. The van der Waals surface area contributed by atoms with Crippen molar-refractivity contribution in [1.82, 2.24) is 15.2 Å². The van der Waals surface area contributed by atoms with Crippen molar-refractivity contribution in [2.24, 2.45) is 0 Å². The molecule has 0 radical (unpaired) electrons. The van der Waals surface area contributed by atoms with Crippen LogP contribution in [0.3, 0.4) is 0 Å². The molecule has 1 aliphatic rings. The number of nitrogens with zero attached hydrogens (tertiary/aromatic N) is 2. The number of rotatable bonds is 5. The molecule has 1 N–H and O–H groups in total. The van der Waals surface area contributed by atoms with Gasteiger partial charge in [0.05, 0.1) is 22.9 Å². The molecule has 1 aromatic heterocycles. The minimum Gasteiger partial charge on any atom is -0.368 e. The summed E-state index contributed by atoms with van der Waals surface area (Å²) in [5.74, 6) is 0.0118. The van der Waals surface area contributed by atoms with Gasteiger partial charge >= 0.3 is 0 Å². The number of carbonyl (C=O) groups excluding carboxylic acids is 1. The Labute approximate surface area is 146 Å². The van der Waals surface area contributed by atoms with E-state index >= 15 is 0 Å². The first kappa shape index (κ1) is 18.1. The van der Waals surface area contributed by atoms with Gasteiger partial charge in [0.2, 0.25) is 5.91 Å². The van der Waals surface area contributed by atoms with Crippen LogP contribution in [0.4, 0.5) is 0 Å². The number of aromatic nitrogens is 1. The second-order valence-electron chi connectivity index (χ2n) is 5.59. The van der Waals surface area contributed by atoms with Crippen LogP contribution >= 0.6 is 23.7 Å². The van der Waals surface area contributed by atoms with E-state index in [1.807, 2.05) is 18.2 Å². The number of thiazole rings is 1. The Balaban J connectivity index is 0.00000192. The summed E-state index contributed by atoms with van der Waals surface area (Å²) in [6, 6.07) is 8.04. The molecule has 0 atom stereocenters. The minimum absolute atomic E-state index is 0. The number of hydrogen-bond donors (Lipinski definition) is 1. The van der Waals surface area contributed by atoms with Crippen molar-refractivity contribution in [3.8, 4) is 0 Å². The van der Waals surface area contributed by atoms with E-state index in [0.29, 0.717) is 6.54 Å². The summed E-state index contributed by atoms with van der Waals surface area (Å²) in [6.07, 6.45) is 2.17. The third kappa shape index (κ3) is 4.88. The lowest BCUT2D eigenvalue weighted by Crippen LogP contribution is -2.36. The van der Waals surface area contributed by atoms with Crippen LogP contribution in [0.2, 0.25) is 0 Å². The Morgan fingerprint density at radius 1 is 1.39 bits per heavy atom. The molecule has 0 spiro atoms. The topological polar surface area (TPSA) is 54.5 Å². The van der Waals surface area contributed by atoms with Gasteiger partial charge in [-0.15, -0.1) is 23.7 Å². The number of carbonyl (C=O) groups is 1. The lowest BCUT2D eigenvalue weighted by molar-refractivity contribution is -0.137. The highest BCUT2D eigenvalue weighted by atomic mass is 35.5. The lowest BCUT2D eigenvalue weighted by atomic mass is 10.1. The van der Waals surface area contributed by atoms with Crippen LogP contribution in [0, 0.1) is 0 Å². The van der Waals surface area contributed by atoms with E-state index in [2.05, 4.69) is 16.4 Å². The van der Waals surface area contributed by atoms with Crippen molar-refractivity contribution < 1.29 is 9.53 Å². The minimum atomic E-state index is 0. The second kappa shape index (κ2) is 8.59. The van der Waals surface area contributed by atoms with Gasteiger partial charge in [0.1, 0.15) is 11.6 Å². The Morgan fingerprint density at radius 3 is 2.87 bits per heavy atom. The molecular formula is C16H22ClN3O2S. The molecule has 0 unspecified atom stereocenters. The molecule has 1 aliphatic heterocycles. The van der Waals surface area contributed by atoms with Crippen LogP contribution in [0.15, 0.2) is 24.3 Å². The molecule has 2 aromatic rings. The summed E-state index contributed by atoms with van der Waals surface area (Å²) >= 11 is 1.64. The smallest absolute Gasteiger partial charge is 0.248 e. The van der Waals surface area contributed by atoms with Crippen LogP contribution in [-0.2, 0) is 16.1 Å². The van der Waals surface area contributed by atoms with Crippen LogP contribution in [0.25, 0.3) is 10.2 Å². The van der Waals surface area contributed by atoms with E-state index < -0.39 is 0 Å². The van der Waals surface area contributed by atoms with Gasteiger partial charge < -0.3 is 15.0 Å². The lowest BCUT2D eigenvalue weighted by Gasteiger charge is -2.24. The summed E-state index contributed by atoms with van der Waals surface area (Å²) in [6.45, 7) is 2.64. The first-order valence-electron chi connectivity index (χ1n) is 7.63. The first-order chi connectivity index (χ1) is 10.7. The maximum Gasteiger partial charge on any atom is 0.248 e. The maximum absolute atomic E-state index is 12.2. The average Bonchev–Trinajstić information content (AvgIpc) is 2.95. The van der Waals surface area contributed by atoms with Crippen LogP contribution in [0.5, 0.6) is 0 Å². The number of fused-ring (bicyclic) bond motifs is 1. The van der Waals surface area contributed by atoms with E-state index in [1.165, 1.54) is 0 Å². The number of likely N-dealkylation sites (N-methyl/N-ethyl adjacent to an activating group) is 1. The SMILES string of the molecule is CN(Cc1nc2ccccc2s1)C(=O)COC1CCNCC1.Cl. The number of amides is 1. The summed E-state index contributed by atoms with van der Waals surface area (Å²) in [7, 11) is 1.81. The number of halogens is 1. The molecule has 1 amide bonds. The summed E-state index contributed by atoms with van der Waals surface area (Å²) in [4.78, 5) is 18.4. The monoisotopic (exact) mass is 355 g/mol. The van der Waals surface area contributed by atoms with E-state index in [-0.39, 0.29) is 31.0 Å². The fourth-order valence-electron chi connectivity index (χ4n) is 2.54. The highest BCUT2D eigenvalue weighted by Crippen LogP contribution is 2.22. The van der Waals surface area contributed by atoms with Gasteiger partial charge in [0, 0.05) is 7.05 Å². The normalized spacial score (nSPS) is 15.3. The Kier molecular flexibility index (Phi) is 6.77. The fraction of sp³-hybridized carbons (Fsp3) is 0.500. The van der Waals surface area contributed by atoms with Crippen molar-refractivity contribution in [3.63, 3.8) is 0 Å². The molecule has 5 nitrogen and oxygen atoms in total. The molecule has 0 aliphatic carbocycles. The molecule has 23 heavy (non-hydrogen) atoms. The van der Waals surface area contributed by atoms with Crippen molar-refractivity contribution in [1.29, 1.82) is 0 Å². The number of piperidine rings is 1. The number of benzene rings is 1. The zero-order valence-corrected chi connectivity index (χ0v) is 14.8. The summed E-state index contributed by atoms with van der Waals surface area (Å²) in [5.41, 5.74) is 0.995. The first-order valence-corrected chi connectivity index (χ1v) is 8.45. The number of hydrogen-bond acceptors (Lipinski definition) is 5. The van der Waals surface area contributed by atoms with E-state index in [0.717, 1.165) is 41.2 Å². The third-order valence-corrected chi connectivity index (χ3v) is 4.89. The number of para-hydroxylation sites is 1. The predicted molar refractivity (Wildman–Crippen MR) is 95.2 cm³/mol. The molecule has 1 fully saturated rings. The average molecular weight is 356 g/mol. The van der Waals surface area contributed by atoms with Crippen molar-refractivity contribution in [2.75, 3.05) is 26.7 Å². The molecule has 1 saturated heterocycles. The molecule has 0 bridgehead atoms. The van der Waals surface area contributed by atoms with Crippen LogP contribution < -0.4 is 5.32 Å². The highest BCUT2D eigenvalue weighted by Gasteiger charge is 2.17. The van der Waals surface area contributed by atoms with Crippen LogP contribution in [0.1, 0.15) is 17.8 Å². The molecule has 3 rings (SSSR count). The van der Waals surface area contributed by atoms with Crippen molar-refractivity contribution >= 4 is 39.9 Å². The second-order valence-corrected chi connectivity index (χ2v) is 6.70. The molecule has 0 saturated carbocycles. The molecule has 1 aromatic carbocycles. The number of ether oxygens (including phenoxy) is 1. The Bertz CT molecular complexity index is 610. The van der Waals surface area contributed by atoms with E-state index in [4.69, 9.17) is 4.74 Å². The predicted octanol–water partition coefficient (Wildman–Crippen LogP) is 2.45. The van der Waals surface area contributed by atoms with Gasteiger partial charge in [-0.3, -0.25) is 4.79 Å². The Hall–Kier alpha value is -1.21. The standard InChI is InChI=1S/C16H21N3O2S.ClH/c1-19(16(20)11-21-12-6-8-17-9-7-12)10-15-18-13-4-2-3-5-14(13)22-15;/h2-5,12,17H,6-11H2,1H3;1H. The van der Waals surface area contributed by atoms with Gasteiger partial charge in [-0.25, -0.2) is 4.98 Å². The van der Waals surface area contributed by atoms with Gasteiger partial charge in [-0.1, -0.05) is 12.1 Å².